The van der Waals surface area contributed by atoms with Crippen LogP contribution < -0.4 is 10.5 Å². The number of nitrogens with two attached hydrogens (primary N) is 1. The summed E-state index contributed by atoms with van der Waals surface area (Å²) in [6.07, 6.45) is 3.92. The summed E-state index contributed by atoms with van der Waals surface area (Å²) in [5.74, 6) is 1.63. The van der Waals surface area contributed by atoms with E-state index in [0.29, 0.717) is 6.54 Å². The van der Waals surface area contributed by atoms with Gasteiger partial charge in [-0.1, -0.05) is 18.2 Å². The molecule has 0 aliphatic carbocycles. The molecule has 1 aromatic carbocycles. The summed E-state index contributed by atoms with van der Waals surface area (Å²) in [6.45, 7) is 2.46. The maximum Gasteiger partial charge on any atom is 0.176 e. The zero-order valence-electron chi connectivity index (χ0n) is 9.49. The van der Waals surface area contributed by atoms with Crippen molar-refractivity contribution in [3.05, 3.63) is 35.6 Å². The van der Waals surface area contributed by atoms with Crippen molar-refractivity contribution in [2.45, 2.75) is 6.92 Å². The van der Waals surface area contributed by atoms with E-state index < -0.39 is 0 Å². The predicted molar refractivity (Wildman–Crippen MR) is 65.6 cm³/mol. The van der Waals surface area contributed by atoms with Crippen molar-refractivity contribution < 1.29 is 9.15 Å². The van der Waals surface area contributed by atoms with Gasteiger partial charge in [0, 0.05) is 11.9 Å². The molecule has 0 unspecified atom stereocenters. The SMILES string of the molecule is COc1ccc(/C=C/CN)c2cc(C)oc12. The van der Waals surface area contributed by atoms with Gasteiger partial charge in [0.1, 0.15) is 5.76 Å². The fourth-order valence-electron chi connectivity index (χ4n) is 1.74. The second kappa shape index (κ2) is 4.41. The molecule has 2 N–H and O–H groups in total. The molecule has 0 radical (unpaired) electrons. The van der Waals surface area contributed by atoms with Crippen LogP contribution in [0.2, 0.25) is 0 Å². The van der Waals surface area contributed by atoms with Crippen LogP contribution in [0, 0.1) is 6.92 Å². The first-order valence-corrected chi connectivity index (χ1v) is 5.20. The molecular weight excluding hydrogens is 202 g/mol. The van der Waals surface area contributed by atoms with E-state index >= 15 is 0 Å². The van der Waals surface area contributed by atoms with Gasteiger partial charge in [0.15, 0.2) is 11.3 Å². The van der Waals surface area contributed by atoms with Crippen LogP contribution in [0.1, 0.15) is 11.3 Å². The number of ether oxygens (including phenoxy) is 1. The fraction of sp³-hybridized carbons (Fsp3) is 0.231. The monoisotopic (exact) mass is 217 g/mol. The van der Waals surface area contributed by atoms with Gasteiger partial charge in [0.05, 0.1) is 7.11 Å². The number of benzene rings is 1. The van der Waals surface area contributed by atoms with E-state index in [1.807, 2.05) is 37.3 Å². The summed E-state index contributed by atoms with van der Waals surface area (Å²) in [6, 6.07) is 5.91. The third-order valence-electron chi connectivity index (χ3n) is 2.46. The Morgan fingerprint density at radius 2 is 2.25 bits per heavy atom. The quantitative estimate of drug-likeness (QED) is 0.859. The smallest absolute Gasteiger partial charge is 0.176 e. The standard InChI is InChI=1S/C13H15NO2/c1-9-8-11-10(4-3-7-14)5-6-12(15-2)13(11)16-9/h3-6,8H,7,14H2,1-2H3/b4-3+. The highest BCUT2D eigenvalue weighted by Crippen LogP contribution is 2.31. The number of rotatable bonds is 3. The van der Waals surface area contributed by atoms with Crippen LogP contribution in [0.3, 0.4) is 0 Å². The van der Waals surface area contributed by atoms with Gasteiger partial charge >= 0.3 is 0 Å². The Labute approximate surface area is 94.5 Å². The van der Waals surface area contributed by atoms with E-state index in [0.717, 1.165) is 28.0 Å². The first-order chi connectivity index (χ1) is 7.76. The van der Waals surface area contributed by atoms with Crippen LogP contribution >= 0.6 is 0 Å². The average Bonchev–Trinajstić information content (AvgIpc) is 2.67. The number of hydrogen-bond donors (Lipinski definition) is 1. The van der Waals surface area contributed by atoms with Gasteiger partial charge in [-0.2, -0.15) is 0 Å². The molecule has 0 saturated heterocycles. The lowest BCUT2D eigenvalue weighted by atomic mass is 10.1. The molecule has 3 heteroatoms. The minimum Gasteiger partial charge on any atom is -0.493 e. The average molecular weight is 217 g/mol. The molecule has 0 atom stereocenters. The Hall–Kier alpha value is -1.74. The zero-order valence-corrected chi connectivity index (χ0v) is 9.49. The van der Waals surface area contributed by atoms with E-state index in [-0.39, 0.29) is 0 Å². The van der Waals surface area contributed by atoms with E-state index in [2.05, 4.69) is 0 Å². The number of hydrogen-bond acceptors (Lipinski definition) is 3. The summed E-state index contributed by atoms with van der Waals surface area (Å²) in [7, 11) is 1.64. The molecule has 1 aromatic heterocycles. The summed E-state index contributed by atoms with van der Waals surface area (Å²) in [4.78, 5) is 0. The lowest BCUT2D eigenvalue weighted by Crippen LogP contribution is -1.92. The normalized spacial score (nSPS) is 11.4. The Morgan fingerprint density at radius 3 is 2.94 bits per heavy atom. The fourth-order valence-corrected chi connectivity index (χ4v) is 1.74. The Balaban J connectivity index is 2.64. The van der Waals surface area contributed by atoms with E-state index in [1.54, 1.807) is 7.11 Å². The molecule has 0 spiro atoms. The molecule has 3 nitrogen and oxygen atoms in total. The van der Waals surface area contributed by atoms with Gasteiger partial charge in [0.2, 0.25) is 0 Å². The maximum atomic E-state index is 5.62. The number of furan rings is 1. The van der Waals surface area contributed by atoms with E-state index in [9.17, 15) is 0 Å². The van der Waals surface area contributed by atoms with Crippen molar-refractivity contribution in [2.24, 2.45) is 5.73 Å². The van der Waals surface area contributed by atoms with Crippen LogP contribution in [-0.4, -0.2) is 13.7 Å². The molecular formula is C13H15NO2. The van der Waals surface area contributed by atoms with Crippen LogP contribution in [0.25, 0.3) is 17.0 Å². The lowest BCUT2D eigenvalue weighted by molar-refractivity contribution is 0.409. The number of fused-ring (bicyclic) bond motifs is 1. The third-order valence-corrected chi connectivity index (χ3v) is 2.46. The minimum absolute atomic E-state index is 0.532. The summed E-state index contributed by atoms with van der Waals surface area (Å²) >= 11 is 0. The molecule has 0 amide bonds. The topological polar surface area (TPSA) is 48.4 Å². The molecule has 1 heterocycles. The van der Waals surface area contributed by atoms with Crippen molar-refractivity contribution in [3.63, 3.8) is 0 Å². The van der Waals surface area contributed by atoms with Gasteiger partial charge in [0.25, 0.3) is 0 Å². The highest BCUT2D eigenvalue weighted by molar-refractivity contribution is 5.91. The van der Waals surface area contributed by atoms with Crippen molar-refractivity contribution in [2.75, 3.05) is 13.7 Å². The van der Waals surface area contributed by atoms with Crippen molar-refractivity contribution in [1.29, 1.82) is 0 Å². The van der Waals surface area contributed by atoms with Gasteiger partial charge in [-0.25, -0.2) is 0 Å². The number of methoxy groups -OCH3 is 1. The van der Waals surface area contributed by atoms with Crippen LogP contribution in [0.4, 0.5) is 0 Å². The Bertz CT molecular complexity index is 526. The molecule has 2 rings (SSSR count). The highest BCUT2D eigenvalue weighted by Gasteiger charge is 2.09. The van der Waals surface area contributed by atoms with Gasteiger partial charge < -0.3 is 14.9 Å². The zero-order chi connectivity index (χ0) is 11.5. The van der Waals surface area contributed by atoms with Crippen molar-refractivity contribution in [3.8, 4) is 5.75 Å². The molecule has 84 valence electrons. The Kier molecular flexibility index (Phi) is 2.97. The first-order valence-electron chi connectivity index (χ1n) is 5.20. The van der Waals surface area contributed by atoms with Crippen LogP contribution in [0.15, 0.2) is 28.7 Å². The molecule has 0 bridgehead atoms. The van der Waals surface area contributed by atoms with Crippen molar-refractivity contribution in [1.82, 2.24) is 0 Å². The lowest BCUT2D eigenvalue weighted by Gasteiger charge is -2.02. The van der Waals surface area contributed by atoms with Gasteiger partial charge in [-0.15, -0.1) is 0 Å². The van der Waals surface area contributed by atoms with Gasteiger partial charge in [-0.05, 0) is 24.6 Å². The van der Waals surface area contributed by atoms with Crippen LogP contribution in [-0.2, 0) is 0 Å². The molecule has 0 saturated carbocycles. The highest BCUT2D eigenvalue weighted by atomic mass is 16.5. The second-order valence-electron chi connectivity index (χ2n) is 3.59. The predicted octanol–water partition coefficient (Wildman–Crippen LogP) is 2.72. The molecule has 2 aromatic rings. The molecule has 0 aliphatic heterocycles. The molecule has 0 aliphatic rings. The second-order valence-corrected chi connectivity index (χ2v) is 3.59. The third kappa shape index (κ3) is 1.82. The summed E-state index contributed by atoms with van der Waals surface area (Å²) in [5, 5.41) is 1.06. The summed E-state index contributed by atoms with van der Waals surface area (Å²) < 4.78 is 10.9. The molecule has 0 fully saturated rings. The van der Waals surface area contributed by atoms with Crippen molar-refractivity contribution >= 4 is 17.0 Å². The minimum atomic E-state index is 0.532. The Morgan fingerprint density at radius 1 is 1.44 bits per heavy atom. The van der Waals surface area contributed by atoms with Crippen LogP contribution in [0.5, 0.6) is 5.75 Å². The van der Waals surface area contributed by atoms with E-state index in [4.69, 9.17) is 14.9 Å². The van der Waals surface area contributed by atoms with Gasteiger partial charge in [-0.3, -0.25) is 0 Å². The largest absolute Gasteiger partial charge is 0.493 e. The summed E-state index contributed by atoms with van der Waals surface area (Å²) in [5.41, 5.74) is 7.33. The first kappa shape index (κ1) is 10.8. The molecule has 16 heavy (non-hydrogen) atoms. The van der Waals surface area contributed by atoms with E-state index in [1.165, 1.54) is 0 Å². The number of aryl methyl sites for hydroxylation is 1. The maximum absolute atomic E-state index is 5.62.